The Balaban J connectivity index is 2.16. The van der Waals surface area contributed by atoms with Gasteiger partial charge in [-0.05, 0) is 18.1 Å². The van der Waals surface area contributed by atoms with Crippen LogP contribution in [0.4, 0.5) is 0 Å². The summed E-state index contributed by atoms with van der Waals surface area (Å²) < 4.78 is 0. The number of rotatable bonds is 3. The molecule has 2 atom stereocenters. The minimum absolute atomic E-state index is 0.0192. The van der Waals surface area contributed by atoms with E-state index in [9.17, 15) is 9.90 Å². The molecule has 0 aliphatic carbocycles. The highest BCUT2D eigenvalue weighted by atomic mass is 16.3. The van der Waals surface area contributed by atoms with E-state index in [-0.39, 0.29) is 24.6 Å². The lowest BCUT2D eigenvalue weighted by molar-refractivity contribution is 0.0434. The molecular weight excluding hydrogens is 242 g/mol. The molecule has 5 heteroatoms. The van der Waals surface area contributed by atoms with Gasteiger partial charge in [-0.3, -0.25) is 9.78 Å². The maximum atomic E-state index is 12.5. The van der Waals surface area contributed by atoms with Crippen LogP contribution in [-0.2, 0) is 0 Å². The second-order valence-corrected chi connectivity index (χ2v) is 5.29. The van der Waals surface area contributed by atoms with Gasteiger partial charge in [0.1, 0.15) is 0 Å². The summed E-state index contributed by atoms with van der Waals surface area (Å²) >= 11 is 0. The van der Waals surface area contributed by atoms with Gasteiger partial charge in [-0.1, -0.05) is 13.8 Å². The van der Waals surface area contributed by atoms with E-state index in [1.165, 1.54) is 0 Å². The Labute approximate surface area is 113 Å². The Kier molecular flexibility index (Phi) is 4.50. The number of aliphatic hydroxyl groups excluding tert-OH is 1. The average molecular weight is 263 g/mol. The number of hydrogen-bond donors (Lipinski definition) is 2. The van der Waals surface area contributed by atoms with Crippen molar-refractivity contribution in [3.05, 3.63) is 30.1 Å². The molecule has 1 aliphatic rings. The van der Waals surface area contributed by atoms with Crippen molar-refractivity contribution in [2.45, 2.75) is 25.9 Å². The summed E-state index contributed by atoms with van der Waals surface area (Å²) in [5.41, 5.74) is 0.623. The number of piperazine rings is 1. The minimum Gasteiger partial charge on any atom is -0.394 e. The van der Waals surface area contributed by atoms with Gasteiger partial charge < -0.3 is 15.3 Å². The summed E-state index contributed by atoms with van der Waals surface area (Å²) in [6.07, 6.45) is 3.23. The van der Waals surface area contributed by atoms with Gasteiger partial charge in [-0.25, -0.2) is 0 Å². The molecule has 0 aromatic carbocycles. The van der Waals surface area contributed by atoms with Crippen LogP contribution in [0.2, 0.25) is 0 Å². The van der Waals surface area contributed by atoms with Gasteiger partial charge in [0.05, 0.1) is 12.6 Å². The van der Waals surface area contributed by atoms with Crippen molar-refractivity contribution in [1.29, 1.82) is 0 Å². The fourth-order valence-electron chi connectivity index (χ4n) is 2.34. The first-order valence-electron chi connectivity index (χ1n) is 6.68. The molecule has 1 saturated heterocycles. The maximum absolute atomic E-state index is 12.5. The smallest absolute Gasteiger partial charge is 0.254 e. The van der Waals surface area contributed by atoms with Crippen molar-refractivity contribution < 1.29 is 9.90 Å². The zero-order chi connectivity index (χ0) is 13.8. The topological polar surface area (TPSA) is 65.5 Å². The summed E-state index contributed by atoms with van der Waals surface area (Å²) in [4.78, 5) is 18.2. The Morgan fingerprint density at radius 2 is 2.21 bits per heavy atom. The molecule has 2 N–H and O–H groups in total. The van der Waals surface area contributed by atoms with Gasteiger partial charge in [0.2, 0.25) is 0 Å². The van der Waals surface area contributed by atoms with Crippen LogP contribution >= 0.6 is 0 Å². The van der Waals surface area contributed by atoms with Crippen LogP contribution < -0.4 is 5.32 Å². The number of nitrogens with one attached hydrogen (secondary N) is 1. The number of aromatic nitrogens is 1. The molecule has 0 radical (unpaired) electrons. The third-order valence-electron chi connectivity index (χ3n) is 3.65. The summed E-state index contributed by atoms with van der Waals surface area (Å²) in [5.74, 6) is 0.418. The first kappa shape index (κ1) is 14.0. The van der Waals surface area contributed by atoms with Crippen molar-refractivity contribution in [3.63, 3.8) is 0 Å². The summed E-state index contributed by atoms with van der Waals surface area (Å²) in [6, 6.07) is 3.54. The monoisotopic (exact) mass is 263 g/mol. The number of pyridine rings is 1. The normalized spacial score (nSPS) is 23.7. The third kappa shape index (κ3) is 3.11. The molecule has 0 bridgehead atoms. The summed E-state index contributed by atoms with van der Waals surface area (Å²) in [5, 5.41) is 12.8. The molecule has 104 valence electrons. The molecule has 2 heterocycles. The van der Waals surface area contributed by atoms with Crippen LogP contribution in [0.15, 0.2) is 24.5 Å². The Morgan fingerprint density at radius 3 is 2.79 bits per heavy atom. The van der Waals surface area contributed by atoms with Crippen LogP contribution in [0.5, 0.6) is 0 Å². The molecule has 2 unspecified atom stereocenters. The fourth-order valence-corrected chi connectivity index (χ4v) is 2.34. The molecule has 0 saturated carbocycles. The molecule has 2 rings (SSSR count). The molecule has 5 nitrogen and oxygen atoms in total. The van der Waals surface area contributed by atoms with E-state index in [0.29, 0.717) is 24.6 Å². The SMILES string of the molecule is CC(C)C1CN(C(=O)c2ccncc2)C(CO)CN1. The zero-order valence-corrected chi connectivity index (χ0v) is 11.4. The Bertz CT molecular complexity index is 422. The number of nitrogens with zero attached hydrogens (tertiary/aromatic N) is 2. The van der Waals surface area contributed by atoms with E-state index in [4.69, 9.17) is 0 Å². The fraction of sp³-hybridized carbons (Fsp3) is 0.571. The second-order valence-electron chi connectivity index (χ2n) is 5.29. The minimum atomic E-state index is -0.157. The van der Waals surface area contributed by atoms with Gasteiger partial charge in [0, 0.05) is 37.1 Å². The van der Waals surface area contributed by atoms with Crippen LogP contribution in [0, 0.1) is 5.92 Å². The van der Waals surface area contributed by atoms with Gasteiger partial charge in [-0.15, -0.1) is 0 Å². The van der Waals surface area contributed by atoms with Gasteiger partial charge in [0.25, 0.3) is 5.91 Å². The number of hydrogen-bond acceptors (Lipinski definition) is 4. The van der Waals surface area contributed by atoms with Gasteiger partial charge in [-0.2, -0.15) is 0 Å². The first-order valence-corrected chi connectivity index (χ1v) is 6.68. The van der Waals surface area contributed by atoms with E-state index < -0.39 is 0 Å². The van der Waals surface area contributed by atoms with Crippen molar-refractivity contribution in [2.24, 2.45) is 5.92 Å². The van der Waals surface area contributed by atoms with Crippen molar-refractivity contribution in [3.8, 4) is 0 Å². The number of carbonyl (C=O) groups is 1. The van der Waals surface area contributed by atoms with E-state index in [2.05, 4.69) is 24.1 Å². The largest absolute Gasteiger partial charge is 0.394 e. The van der Waals surface area contributed by atoms with Crippen molar-refractivity contribution in [1.82, 2.24) is 15.2 Å². The molecular formula is C14H21N3O2. The lowest BCUT2D eigenvalue weighted by Gasteiger charge is -2.41. The lowest BCUT2D eigenvalue weighted by Crippen LogP contribution is -2.60. The molecule has 1 aliphatic heterocycles. The molecule has 1 aromatic rings. The summed E-state index contributed by atoms with van der Waals surface area (Å²) in [7, 11) is 0. The van der Waals surface area contributed by atoms with Crippen LogP contribution in [-0.4, -0.2) is 52.7 Å². The molecule has 19 heavy (non-hydrogen) atoms. The predicted molar refractivity (Wildman–Crippen MR) is 72.8 cm³/mol. The van der Waals surface area contributed by atoms with E-state index in [1.807, 2.05) is 0 Å². The van der Waals surface area contributed by atoms with Crippen molar-refractivity contribution >= 4 is 5.91 Å². The summed E-state index contributed by atoms with van der Waals surface area (Å²) in [6.45, 7) is 5.51. The highest BCUT2D eigenvalue weighted by Crippen LogP contribution is 2.15. The number of aliphatic hydroxyl groups is 1. The molecule has 1 aromatic heterocycles. The third-order valence-corrected chi connectivity index (χ3v) is 3.65. The predicted octanol–water partition coefficient (Wildman–Crippen LogP) is 0.513. The number of amides is 1. The van der Waals surface area contributed by atoms with Crippen LogP contribution in [0.1, 0.15) is 24.2 Å². The highest BCUT2D eigenvalue weighted by molar-refractivity contribution is 5.94. The zero-order valence-electron chi connectivity index (χ0n) is 11.4. The second kappa shape index (κ2) is 6.12. The Hall–Kier alpha value is -1.46. The Morgan fingerprint density at radius 1 is 1.53 bits per heavy atom. The standard InChI is InChI=1S/C14H21N3O2/c1-10(2)13-8-17(12(9-18)7-16-13)14(19)11-3-5-15-6-4-11/h3-6,10,12-13,16,18H,7-9H2,1-2H3. The first-order chi connectivity index (χ1) is 9.13. The quantitative estimate of drug-likeness (QED) is 0.834. The molecule has 0 spiro atoms. The van der Waals surface area contributed by atoms with E-state index in [1.54, 1.807) is 29.4 Å². The number of carbonyl (C=O) groups excluding carboxylic acids is 1. The average Bonchev–Trinajstić information content (AvgIpc) is 2.46. The molecule has 1 fully saturated rings. The van der Waals surface area contributed by atoms with Gasteiger partial charge in [0.15, 0.2) is 0 Å². The highest BCUT2D eigenvalue weighted by Gasteiger charge is 2.32. The maximum Gasteiger partial charge on any atom is 0.254 e. The van der Waals surface area contributed by atoms with Crippen LogP contribution in [0.3, 0.4) is 0 Å². The van der Waals surface area contributed by atoms with Crippen molar-refractivity contribution in [2.75, 3.05) is 19.7 Å². The van der Waals surface area contributed by atoms with Gasteiger partial charge >= 0.3 is 0 Å². The van der Waals surface area contributed by atoms with E-state index in [0.717, 1.165) is 0 Å². The van der Waals surface area contributed by atoms with E-state index >= 15 is 0 Å². The lowest BCUT2D eigenvalue weighted by atomic mass is 9.99. The molecule has 1 amide bonds. The van der Waals surface area contributed by atoms with Crippen LogP contribution in [0.25, 0.3) is 0 Å².